The van der Waals surface area contributed by atoms with Gasteiger partial charge in [0.2, 0.25) is 0 Å². The third-order valence-corrected chi connectivity index (χ3v) is 2.41. The first kappa shape index (κ1) is 15.5. The Morgan fingerprint density at radius 1 is 1.37 bits per heavy atom. The van der Waals surface area contributed by atoms with Crippen molar-refractivity contribution in [1.29, 1.82) is 0 Å². The molecule has 1 atom stereocenters. The van der Waals surface area contributed by atoms with E-state index in [1.54, 1.807) is 45.0 Å². The van der Waals surface area contributed by atoms with E-state index in [-0.39, 0.29) is 13.2 Å². The Kier molecular flexibility index (Phi) is 5.32. The van der Waals surface area contributed by atoms with Crippen molar-refractivity contribution in [2.45, 2.75) is 39.0 Å². The fourth-order valence-electron chi connectivity index (χ4n) is 1.60. The first-order valence-corrected chi connectivity index (χ1v) is 6.17. The summed E-state index contributed by atoms with van der Waals surface area (Å²) in [7, 11) is 0. The third-order valence-electron chi connectivity index (χ3n) is 2.41. The molecule has 5 nitrogen and oxygen atoms in total. The zero-order chi connectivity index (χ0) is 14.5. The van der Waals surface area contributed by atoms with Crippen molar-refractivity contribution in [2.75, 3.05) is 6.61 Å². The second kappa shape index (κ2) is 6.54. The molecule has 0 bridgehead atoms. The predicted molar refractivity (Wildman–Crippen MR) is 71.6 cm³/mol. The van der Waals surface area contributed by atoms with Gasteiger partial charge in [-0.15, -0.1) is 0 Å². The van der Waals surface area contributed by atoms with E-state index >= 15 is 0 Å². The van der Waals surface area contributed by atoms with E-state index in [0.29, 0.717) is 5.56 Å². The average molecular weight is 267 g/mol. The van der Waals surface area contributed by atoms with Crippen LogP contribution < -0.4 is 5.32 Å². The standard InChI is InChI=1S/C14H21NO4/c1-14(2,3)19-13(18)15-8-10-6-4-5-7-11(10)12(17)9-16/h4-7,12,16-17H,8-9H2,1-3H3,(H,15,18). The van der Waals surface area contributed by atoms with Crippen LogP contribution in [0.15, 0.2) is 24.3 Å². The summed E-state index contributed by atoms with van der Waals surface area (Å²) in [5.74, 6) is 0. The number of rotatable bonds is 4. The molecule has 0 spiro atoms. The van der Waals surface area contributed by atoms with E-state index in [2.05, 4.69) is 5.32 Å². The van der Waals surface area contributed by atoms with Gasteiger partial charge in [-0.25, -0.2) is 4.79 Å². The number of ether oxygens (including phenoxy) is 1. The molecule has 1 unspecified atom stereocenters. The zero-order valence-electron chi connectivity index (χ0n) is 11.5. The molecular weight excluding hydrogens is 246 g/mol. The lowest BCUT2D eigenvalue weighted by atomic mass is 10.0. The molecule has 1 rings (SSSR count). The summed E-state index contributed by atoms with van der Waals surface area (Å²) in [5.41, 5.74) is 0.796. The van der Waals surface area contributed by atoms with Crippen LogP contribution in [0.5, 0.6) is 0 Å². The van der Waals surface area contributed by atoms with Crippen LogP contribution in [-0.2, 0) is 11.3 Å². The number of nitrogens with one attached hydrogen (secondary N) is 1. The van der Waals surface area contributed by atoms with Crippen molar-refractivity contribution < 1.29 is 19.7 Å². The number of carbonyl (C=O) groups excluding carboxylic acids is 1. The van der Waals surface area contributed by atoms with Gasteiger partial charge in [0.25, 0.3) is 0 Å². The maximum absolute atomic E-state index is 11.5. The number of carbonyl (C=O) groups is 1. The van der Waals surface area contributed by atoms with E-state index in [1.165, 1.54) is 0 Å². The van der Waals surface area contributed by atoms with Crippen LogP contribution >= 0.6 is 0 Å². The number of amides is 1. The summed E-state index contributed by atoms with van der Waals surface area (Å²) in [4.78, 5) is 11.5. The van der Waals surface area contributed by atoms with Crippen LogP contribution in [0, 0.1) is 0 Å². The molecule has 1 aromatic rings. The molecule has 0 fully saturated rings. The summed E-state index contributed by atoms with van der Waals surface area (Å²) in [5, 5.41) is 21.3. The van der Waals surface area contributed by atoms with Crippen molar-refractivity contribution in [1.82, 2.24) is 5.32 Å². The molecule has 0 heterocycles. The van der Waals surface area contributed by atoms with Gasteiger partial charge in [0.05, 0.1) is 6.61 Å². The summed E-state index contributed by atoms with van der Waals surface area (Å²) < 4.78 is 5.12. The number of aliphatic hydroxyl groups is 2. The normalized spacial score (nSPS) is 12.9. The quantitative estimate of drug-likeness (QED) is 0.776. The number of hydrogen-bond acceptors (Lipinski definition) is 4. The fraction of sp³-hybridized carbons (Fsp3) is 0.500. The topological polar surface area (TPSA) is 78.8 Å². The van der Waals surface area contributed by atoms with Gasteiger partial charge in [-0.2, -0.15) is 0 Å². The van der Waals surface area contributed by atoms with Crippen molar-refractivity contribution in [3.63, 3.8) is 0 Å². The average Bonchev–Trinajstić information content (AvgIpc) is 2.33. The highest BCUT2D eigenvalue weighted by atomic mass is 16.6. The highest BCUT2D eigenvalue weighted by Gasteiger charge is 2.17. The Balaban J connectivity index is 2.65. The Labute approximate surface area is 113 Å². The van der Waals surface area contributed by atoms with Crippen LogP contribution in [0.4, 0.5) is 4.79 Å². The maximum atomic E-state index is 11.5. The molecule has 106 valence electrons. The number of alkyl carbamates (subject to hydrolysis) is 1. The van der Waals surface area contributed by atoms with Crippen LogP contribution in [0.3, 0.4) is 0 Å². The van der Waals surface area contributed by atoms with Gasteiger partial charge in [0.1, 0.15) is 11.7 Å². The van der Waals surface area contributed by atoms with Gasteiger partial charge in [0.15, 0.2) is 0 Å². The molecule has 19 heavy (non-hydrogen) atoms. The molecule has 0 radical (unpaired) electrons. The van der Waals surface area contributed by atoms with Gasteiger partial charge in [-0.1, -0.05) is 24.3 Å². The largest absolute Gasteiger partial charge is 0.444 e. The lowest BCUT2D eigenvalue weighted by Crippen LogP contribution is -2.32. The van der Waals surface area contributed by atoms with Crippen LogP contribution in [0.1, 0.15) is 38.0 Å². The number of aliphatic hydroxyl groups excluding tert-OH is 2. The minimum Gasteiger partial charge on any atom is -0.444 e. The van der Waals surface area contributed by atoms with E-state index < -0.39 is 17.8 Å². The van der Waals surface area contributed by atoms with Crippen molar-refractivity contribution in [2.24, 2.45) is 0 Å². The molecule has 3 N–H and O–H groups in total. The Morgan fingerprint density at radius 3 is 2.58 bits per heavy atom. The smallest absolute Gasteiger partial charge is 0.407 e. The van der Waals surface area contributed by atoms with E-state index in [9.17, 15) is 9.90 Å². The van der Waals surface area contributed by atoms with Gasteiger partial charge in [0, 0.05) is 6.54 Å². The molecular formula is C14H21NO4. The van der Waals surface area contributed by atoms with E-state index in [1.807, 2.05) is 0 Å². The molecule has 5 heteroatoms. The molecule has 0 saturated carbocycles. The molecule has 0 aliphatic rings. The monoisotopic (exact) mass is 267 g/mol. The second-order valence-corrected chi connectivity index (χ2v) is 5.25. The minimum atomic E-state index is -0.948. The van der Waals surface area contributed by atoms with Crippen molar-refractivity contribution in [3.05, 3.63) is 35.4 Å². The predicted octanol–water partition coefficient (Wildman–Crippen LogP) is 1.74. The molecule has 0 aromatic heterocycles. The SMILES string of the molecule is CC(C)(C)OC(=O)NCc1ccccc1C(O)CO. The lowest BCUT2D eigenvalue weighted by Gasteiger charge is -2.20. The summed E-state index contributed by atoms with van der Waals surface area (Å²) >= 11 is 0. The number of hydrogen-bond donors (Lipinski definition) is 3. The molecule has 0 aliphatic carbocycles. The van der Waals surface area contributed by atoms with E-state index in [4.69, 9.17) is 9.84 Å². The zero-order valence-corrected chi connectivity index (χ0v) is 11.5. The van der Waals surface area contributed by atoms with Crippen molar-refractivity contribution >= 4 is 6.09 Å². The third kappa shape index (κ3) is 5.28. The number of benzene rings is 1. The first-order chi connectivity index (χ1) is 8.83. The van der Waals surface area contributed by atoms with Crippen LogP contribution in [-0.4, -0.2) is 28.5 Å². The summed E-state index contributed by atoms with van der Waals surface area (Å²) in [6.45, 7) is 5.24. The lowest BCUT2D eigenvalue weighted by molar-refractivity contribution is 0.0522. The highest BCUT2D eigenvalue weighted by molar-refractivity contribution is 5.67. The van der Waals surface area contributed by atoms with Gasteiger partial charge in [-0.3, -0.25) is 0 Å². The second-order valence-electron chi connectivity index (χ2n) is 5.25. The Morgan fingerprint density at radius 2 is 2.00 bits per heavy atom. The van der Waals surface area contributed by atoms with Gasteiger partial charge >= 0.3 is 6.09 Å². The molecule has 0 aliphatic heterocycles. The summed E-state index contributed by atoms with van der Waals surface area (Å²) in [6.07, 6.45) is -1.46. The van der Waals surface area contributed by atoms with Crippen molar-refractivity contribution in [3.8, 4) is 0 Å². The maximum Gasteiger partial charge on any atom is 0.407 e. The van der Waals surface area contributed by atoms with Crippen LogP contribution in [0.25, 0.3) is 0 Å². The first-order valence-electron chi connectivity index (χ1n) is 6.17. The summed E-state index contributed by atoms with van der Waals surface area (Å²) in [6, 6.07) is 7.07. The Bertz CT molecular complexity index is 426. The van der Waals surface area contributed by atoms with Gasteiger partial charge in [-0.05, 0) is 31.9 Å². The highest BCUT2D eigenvalue weighted by Crippen LogP contribution is 2.17. The molecule has 0 saturated heterocycles. The minimum absolute atomic E-state index is 0.238. The van der Waals surface area contributed by atoms with Crippen LogP contribution in [0.2, 0.25) is 0 Å². The van der Waals surface area contributed by atoms with E-state index in [0.717, 1.165) is 5.56 Å². The fourth-order valence-corrected chi connectivity index (χ4v) is 1.60. The molecule has 1 aromatic carbocycles. The molecule has 1 amide bonds. The Hall–Kier alpha value is -1.59. The van der Waals surface area contributed by atoms with Gasteiger partial charge < -0.3 is 20.3 Å².